The first-order valence-electron chi connectivity index (χ1n) is 10.0. The van der Waals surface area contributed by atoms with E-state index in [1.165, 1.54) is 11.3 Å². The molecule has 2 N–H and O–H groups in total. The molecule has 1 amide bonds. The highest BCUT2D eigenvalue weighted by molar-refractivity contribution is 14.0. The molecule has 1 aromatic heterocycles. The second kappa shape index (κ2) is 11.0. The van der Waals surface area contributed by atoms with Gasteiger partial charge < -0.3 is 15.5 Å². The molecule has 7 nitrogen and oxygen atoms in total. The van der Waals surface area contributed by atoms with Crippen LogP contribution in [-0.4, -0.2) is 60.3 Å². The number of nitrogens with one attached hydrogen (secondary N) is 2. The van der Waals surface area contributed by atoms with Gasteiger partial charge >= 0.3 is 0 Å². The minimum atomic E-state index is -0.331. The van der Waals surface area contributed by atoms with Crippen molar-refractivity contribution < 1.29 is 4.79 Å². The Labute approximate surface area is 186 Å². The maximum atomic E-state index is 12.7. The fourth-order valence-electron chi connectivity index (χ4n) is 4.02. The first kappa shape index (κ1) is 24.7. The summed E-state index contributed by atoms with van der Waals surface area (Å²) in [6.45, 7) is 8.34. The lowest BCUT2D eigenvalue weighted by atomic mass is 9.85. The predicted octanol–water partition coefficient (Wildman–Crippen LogP) is 2.40. The van der Waals surface area contributed by atoms with E-state index >= 15 is 0 Å². The number of nitrogens with zero attached hydrogens (tertiary/aromatic N) is 4. The SMILES string of the molecule is CCNC(=NCC1(C(=O)N(C)C)CCCC1)NCCc1c(C)nn(C)c1C.I. The molecule has 8 heteroatoms. The van der Waals surface area contributed by atoms with E-state index in [1.807, 2.05) is 25.8 Å². The molecule has 0 radical (unpaired) electrons. The lowest BCUT2D eigenvalue weighted by Gasteiger charge is -2.29. The molecule has 28 heavy (non-hydrogen) atoms. The number of amides is 1. The van der Waals surface area contributed by atoms with Crippen molar-refractivity contribution in [3.8, 4) is 0 Å². The molecule has 0 spiro atoms. The Kier molecular flexibility index (Phi) is 9.73. The molecular weight excluding hydrogens is 467 g/mol. The van der Waals surface area contributed by atoms with Gasteiger partial charge in [-0.05, 0) is 45.6 Å². The largest absolute Gasteiger partial charge is 0.357 e. The van der Waals surface area contributed by atoms with Crippen LogP contribution in [0.3, 0.4) is 0 Å². The molecule has 160 valence electrons. The van der Waals surface area contributed by atoms with Crippen molar-refractivity contribution in [2.24, 2.45) is 17.5 Å². The van der Waals surface area contributed by atoms with Crippen molar-refractivity contribution >= 4 is 35.8 Å². The summed E-state index contributed by atoms with van der Waals surface area (Å²) in [5, 5.41) is 11.2. The van der Waals surface area contributed by atoms with Crippen LogP contribution in [0.1, 0.15) is 49.6 Å². The number of hydrogen-bond donors (Lipinski definition) is 2. The molecule has 0 saturated heterocycles. The highest BCUT2D eigenvalue weighted by Crippen LogP contribution is 2.39. The fourth-order valence-corrected chi connectivity index (χ4v) is 4.02. The van der Waals surface area contributed by atoms with Gasteiger partial charge in [0.05, 0.1) is 17.7 Å². The Bertz CT molecular complexity index is 676. The third-order valence-electron chi connectivity index (χ3n) is 5.63. The Morgan fingerprint density at radius 2 is 1.89 bits per heavy atom. The minimum absolute atomic E-state index is 0. The van der Waals surface area contributed by atoms with Gasteiger partial charge in [-0.3, -0.25) is 14.5 Å². The van der Waals surface area contributed by atoms with E-state index in [1.54, 1.807) is 4.90 Å². The highest BCUT2D eigenvalue weighted by atomic mass is 127. The van der Waals surface area contributed by atoms with Crippen LogP contribution >= 0.6 is 24.0 Å². The predicted molar refractivity (Wildman–Crippen MR) is 125 cm³/mol. The number of aromatic nitrogens is 2. The van der Waals surface area contributed by atoms with Gasteiger partial charge in [0.1, 0.15) is 0 Å². The van der Waals surface area contributed by atoms with Crippen molar-refractivity contribution in [2.75, 3.05) is 33.7 Å². The van der Waals surface area contributed by atoms with E-state index in [0.717, 1.165) is 56.8 Å². The fraction of sp³-hybridized carbons (Fsp3) is 0.750. The van der Waals surface area contributed by atoms with Gasteiger partial charge in [-0.15, -0.1) is 24.0 Å². The number of aliphatic imine (C=N–C) groups is 1. The second-order valence-corrected chi connectivity index (χ2v) is 7.83. The average molecular weight is 504 g/mol. The molecule has 0 aliphatic heterocycles. The van der Waals surface area contributed by atoms with Gasteiger partial charge in [0.15, 0.2) is 5.96 Å². The van der Waals surface area contributed by atoms with E-state index < -0.39 is 0 Å². The van der Waals surface area contributed by atoms with Crippen molar-refractivity contribution in [3.63, 3.8) is 0 Å². The summed E-state index contributed by atoms with van der Waals surface area (Å²) in [5.74, 6) is 0.996. The first-order chi connectivity index (χ1) is 12.8. The Balaban J connectivity index is 0.00000392. The monoisotopic (exact) mass is 504 g/mol. The van der Waals surface area contributed by atoms with Gasteiger partial charge in [0.25, 0.3) is 0 Å². The van der Waals surface area contributed by atoms with Crippen molar-refractivity contribution in [1.82, 2.24) is 25.3 Å². The molecule has 0 bridgehead atoms. The molecule has 1 fully saturated rings. The topological polar surface area (TPSA) is 74.6 Å². The number of guanidine groups is 1. The van der Waals surface area contributed by atoms with E-state index in [-0.39, 0.29) is 35.3 Å². The van der Waals surface area contributed by atoms with E-state index in [9.17, 15) is 4.79 Å². The van der Waals surface area contributed by atoms with Crippen LogP contribution in [0.15, 0.2) is 4.99 Å². The summed E-state index contributed by atoms with van der Waals surface area (Å²) in [6.07, 6.45) is 4.98. The van der Waals surface area contributed by atoms with Gasteiger partial charge in [0.2, 0.25) is 5.91 Å². The van der Waals surface area contributed by atoms with Crippen LogP contribution in [0.25, 0.3) is 0 Å². The number of rotatable bonds is 7. The molecule has 1 aliphatic rings. The van der Waals surface area contributed by atoms with Crippen LogP contribution in [0.2, 0.25) is 0 Å². The van der Waals surface area contributed by atoms with Gasteiger partial charge in [-0.25, -0.2) is 0 Å². The smallest absolute Gasteiger partial charge is 0.230 e. The average Bonchev–Trinajstić information content (AvgIpc) is 3.19. The second-order valence-electron chi connectivity index (χ2n) is 7.83. The first-order valence-corrected chi connectivity index (χ1v) is 10.0. The summed E-state index contributed by atoms with van der Waals surface area (Å²) in [6, 6.07) is 0. The molecule has 1 saturated carbocycles. The van der Waals surface area contributed by atoms with Crippen molar-refractivity contribution in [1.29, 1.82) is 0 Å². The van der Waals surface area contributed by atoms with E-state index in [2.05, 4.69) is 36.5 Å². The lowest BCUT2D eigenvalue weighted by Crippen LogP contribution is -2.43. The number of hydrogen-bond acceptors (Lipinski definition) is 3. The zero-order chi connectivity index (χ0) is 20.0. The zero-order valence-corrected chi connectivity index (χ0v) is 20.6. The molecule has 0 aromatic carbocycles. The third-order valence-corrected chi connectivity index (χ3v) is 5.63. The third kappa shape index (κ3) is 5.84. The Morgan fingerprint density at radius 3 is 2.39 bits per heavy atom. The normalized spacial score (nSPS) is 15.9. The van der Waals surface area contributed by atoms with E-state index in [0.29, 0.717) is 6.54 Å². The van der Waals surface area contributed by atoms with Gasteiger partial charge in [0, 0.05) is 39.9 Å². The number of carbonyl (C=O) groups is 1. The Morgan fingerprint density at radius 1 is 1.25 bits per heavy atom. The molecular formula is C20H37IN6O. The number of halogens is 1. The van der Waals surface area contributed by atoms with Crippen molar-refractivity contribution in [3.05, 3.63) is 17.0 Å². The summed E-state index contributed by atoms with van der Waals surface area (Å²) in [5.41, 5.74) is 3.25. The summed E-state index contributed by atoms with van der Waals surface area (Å²) < 4.78 is 1.93. The summed E-state index contributed by atoms with van der Waals surface area (Å²) in [4.78, 5) is 19.2. The molecule has 0 atom stereocenters. The minimum Gasteiger partial charge on any atom is -0.357 e. The molecule has 1 aliphatic carbocycles. The highest BCUT2D eigenvalue weighted by Gasteiger charge is 2.42. The van der Waals surface area contributed by atoms with Gasteiger partial charge in [-0.2, -0.15) is 5.10 Å². The number of aryl methyl sites for hydroxylation is 2. The van der Waals surface area contributed by atoms with Crippen LogP contribution in [-0.2, 0) is 18.3 Å². The van der Waals surface area contributed by atoms with E-state index in [4.69, 9.17) is 4.99 Å². The van der Waals surface area contributed by atoms with Crippen LogP contribution < -0.4 is 10.6 Å². The molecule has 1 heterocycles. The quantitative estimate of drug-likeness (QED) is 0.340. The van der Waals surface area contributed by atoms with Crippen LogP contribution in [0.5, 0.6) is 0 Å². The van der Waals surface area contributed by atoms with Crippen LogP contribution in [0.4, 0.5) is 0 Å². The van der Waals surface area contributed by atoms with Gasteiger partial charge in [-0.1, -0.05) is 12.8 Å². The maximum Gasteiger partial charge on any atom is 0.230 e. The lowest BCUT2D eigenvalue weighted by molar-refractivity contribution is -0.138. The zero-order valence-electron chi connectivity index (χ0n) is 18.3. The Hall–Kier alpha value is -1.32. The number of carbonyl (C=O) groups excluding carboxylic acids is 1. The molecule has 0 unspecified atom stereocenters. The molecule has 1 aromatic rings. The van der Waals surface area contributed by atoms with Crippen LogP contribution in [0, 0.1) is 19.3 Å². The van der Waals surface area contributed by atoms with Crippen molar-refractivity contribution in [2.45, 2.75) is 52.9 Å². The summed E-state index contributed by atoms with van der Waals surface area (Å²) >= 11 is 0. The molecule has 2 rings (SSSR count). The maximum absolute atomic E-state index is 12.7. The standard InChI is InChI=1S/C20H36N6O.HI/c1-7-21-19(22-13-10-17-15(2)24-26(6)16(17)3)23-14-20(11-8-9-12-20)18(27)25(4)5;/h7-14H2,1-6H3,(H2,21,22,23);1H. The summed E-state index contributed by atoms with van der Waals surface area (Å²) in [7, 11) is 5.66.